The number of para-hydroxylation sites is 1. The maximum atomic E-state index is 10.8. The molecule has 23 heavy (non-hydrogen) atoms. The number of carbonyl (C=O) groups excluding carboxylic acids is 1. The van der Waals surface area contributed by atoms with Gasteiger partial charge in [0.15, 0.2) is 0 Å². The van der Waals surface area contributed by atoms with Gasteiger partial charge in [0, 0.05) is 24.7 Å². The predicted octanol–water partition coefficient (Wildman–Crippen LogP) is 3.46. The lowest BCUT2D eigenvalue weighted by Gasteiger charge is -2.06. The number of anilines is 2. The third-order valence-corrected chi connectivity index (χ3v) is 3.40. The van der Waals surface area contributed by atoms with Gasteiger partial charge in [0.05, 0.1) is 12.0 Å². The number of nitrogens with one attached hydrogen (secondary N) is 2. The molecule has 3 rings (SSSR count). The van der Waals surface area contributed by atoms with Crippen molar-refractivity contribution in [1.82, 2.24) is 15.0 Å². The molecule has 0 fully saturated rings. The summed E-state index contributed by atoms with van der Waals surface area (Å²) >= 11 is 5.99. The van der Waals surface area contributed by atoms with E-state index in [1.165, 1.54) is 6.92 Å². The summed E-state index contributed by atoms with van der Waals surface area (Å²) in [4.78, 5) is 22.4. The standard InChI is InChI=1S/C16H15ClN4O2/c1-10(22)23-8-7-12-9-13-14(18-11-5-3-2-4-6-11)20-16(17)21-15(13)19-12/h2-6,9H,7-8H2,1H3,(H2,18,19,20,21). The van der Waals surface area contributed by atoms with Gasteiger partial charge in [-0.3, -0.25) is 4.79 Å². The molecule has 118 valence electrons. The molecule has 0 saturated carbocycles. The highest BCUT2D eigenvalue weighted by Crippen LogP contribution is 2.26. The molecule has 0 radical (unpaired) electrons. The second kappa shape index (κ2) is 6.66. The Balaban J connectivity index is 1.88. The number of benzene rings is 1. The highest BCUT2D eigenvalue weighted by atomic mass is 35.5. The van der Waals surface area contributed by atoms with E-state index in [-0.39, 0.29) is 11.3 Å². The highest BCUT2D eigenvalue weighted by Gasteiger charge is 2.11. The van der Waals surface area contributed by atoms with Gasteiger partial charge in [0.25, 0.3) is 0 Å². The summed E-state index contributed by atoms with van der Waals surface area (Å²) in [5, 5.41) is 4.22. The number of aromatic amines is 1. The zero-order chi connectivity index (χ0) is 16.2. The van der Waals surface area contributed by atoms with Crippen LogP contribution in [-0.2, 0) is 16.0 Å². The van der Waals surface area contributed by atoms with Crippen LogP contribution in [0, 0.1) is 0 Å². The normalized spacial score (nSPS) is 10.7. The Labute approximate surface area is 137 Å². The molecule has 6 nitrogen and oxygen atoms in total. The van der Waals surface area contributed by atoms with Crippen LogP contribution < -0.4 is 5.32 Å². The summed E-state index contributed by atoms with van der Waals surface area (Å²) < 4.78 is 4.95. The van der Waals surface area contributed by atoms with Gasteiger partial charge >= 0.3 is 5.97 Å². The highest BCUT2D eigenvalue weighted by molar-refractivity contribution is 6.28. The first-order chi connectivity index (χ1) is 11.1. The molecule has 2 heterocycles. The fourth-order valence-electron chi connectivity index (χ4n) is 2.23. The third kappa shape index (κ3) is 3.78. The zero-order valence-corrected chi connectivity index (χ0v) is 13.2. The van der Waals surface area contributed by atoms with Gasteiger partial charge in [0.2, 0.25) is 5.28 Å². The van der Waals surface area contributed by atoms with Crippen molar-refractivity contribution in [2.75, 3.05) is 11.9 Å². The molecule has 3 aromatic rings. The molecular formula is C16H15ClN4O2. The maximum absolute atomic E-state index is 10.8. The monoisotopic (exact) mass is 330 g/mol. The second-order valence-corrected chi connectivity index (χ2v) is 5.32. The van der Waals surface area contributed by atoms with Gasteiger partial charge in [-0.15, -0.1) is 0 Å². The number of aromatic nitrogens is 3. The van der Waals surface area contributed by atoms with E-state index in [9.17, 15) is 4.79 Å². The van der Waals surface area contributed by atoms with Gasteiger partial charge in [-0.05, 0) is 29.8 Å². The first-order valence-electron chi connectivity index (χ1n) is 7.12. The smallest absolute Gasteiger partial charge is 0.302 e. The molecule has 1 aromatic carbocycles. The molecule has 0 atom stereocenters. The summed E-state index contributed by atoms with van der Waals surface area (Å²) in [6.07, 6.45) is 0.568. The Kier molecular flexibility index (Phi) is 4.43. The van der Waals surface area contributed by atoms with Crippen molar-refractivity contribution >= 4 is 40.1 Å². The van der Waals surface area contributed by atoms with E-state index in [1.807, 2.05) is 36.4 Å². The number of hydrogen-bond donors (Lipinski definition) is 2. The van der Waals surface area contributed by atoms with Crippen molar-refractivity contribution in [1.29, 1.82) is 0 Å². The van der Waals surface area contributed by atoms with E-state index < -0.39 is 0 Å². The minimum Gasteiger partial charge on any atom is -0.465 e. The molecule has 2 aromatic heterocycles. The Morgan fingerprint density at radius 1 is 1.30 bits per heavy atom. The van der Waals surface area contributed by atoms with Gasteiger partial charge in [0.1, 0.15) is 11.5 Å². The summed E-state index contributed by atoms with van der Waals surface area (Å²) in [5.41, 5.74) is 2.45. The quantitative estimate of drug-likeness (QED) is 0.553. The van der Waals surface area contributed by atoms with Gasteiger partial charge < -0.3 is 15.0 Å². The minimum atomic E-state index is -0.296. The average molecular weight is 331 g/mol. The van der Waals surface area contributed by atoms with Crippen LogP contribution in [0.3, 0.4) is 0 Å². The number of esters is 1. The topological polar surface area (TPSA) is 79.9 Å². The summed E-state index contributed by atoms with van der Waals surface area (Å²) in [7, 11) is 0. The lowest BCUT2D eigenvalue weighted by molar-refractivity contribution is -0.140. The number of ether oxygens (including phenoxy) is 1. The fourth-order valence-corrected chi connectivity index (χ4v) is 2.40. The van der Waals surface area contributed by atoms with Crippen LogP contribution in [0.2, 0.25) is 5.28 Å². The number of fused-ring (bicyclic) bond motifs is 1. The van der Waals surface area contributed by atoms with Gasteiger partial charge in [-0.25, -0.2) is 0 Å². The summed E-state index contributed by atoms with van der Waals surface area (Å²) in [6.45, 7) is 1.70. The Hall–Kier alpha value is -2.60. The van der Waals surface area contributed by atoms with Crippen molar-refractivity contribution in [3.63, 3.8) is 0 Å². The molecule has 0 bridgehead atoms. The molecule has 7 heteroatoms. The number of hydrogen-bond acceptors (Lipinski definition) is 5. The number of halogens is 1. The van der Waals surface area contributed by atoms with E-state index >= 15 is 0 Å². The Morgan fingerprint density at radius 3 is 2.83 bits per heavy atom. The van der Waals surface area contributed by atoms with Crippen LogP contribution in [0.1, 0.15) is 12.6 Å². The fraction of sp³-hybridized carbons (Fsp3) is 0.188. The molecule has 0 saturated heterocycles. The molecule has 0 aliphatic carbocycles. The summed E-state index contributed by atoms with van der Waals surface area (Å²) in [5.74, 6) is 0.330. The Bertz CT molecular complexity index is 833. The van der Waals surface area contributed by atoms with E-state index in [1.54, 1.807) is 0 Å². The largest absolute Gasteiger partial charge is 0.465 e. The SMILES string of the molecule is CC(=O)OCCc1cc2c(Nc3ccccc3)nc(Cl)nc2[nH]1. The molecule has 0 aliphatic heterocycles. The number of carbonyl (C=O) groups is 1. The van der Waals surface area contributed by atoms with E-state index in [0.29, 0.717) is 24.5 Å². The van der Waals surface area contributed by atoms with E-state index in [0.717, 1.165) is 16.8 Å². The van der Waals surface area contributed by atoms with Crippen molar-refractivity contribution < 1.29 is 9.53 Å². The number of rotatable bonds is 5. The van der Waals surface area contributed by atoms with Gasteiger partial charge in [-0.2, -0.15) is 9.97 Å². The zero-order valence-electron chi connectivity index (χ0n) is 12.5. The molecule has 2 N–H and O–H groups in total. The van der Waals surface area contributed by atoms with Crippen LogP contribution in [0.5, 0.6) is 0 Å². The maximum Gasteiger partial charge on any atom is 0.302 e. The van der Waals surface area contributed by atoms with Crippen molar-refractivity contribution in [2.45, 2.75) is 13.3 Å². The average Bonchev–Trinajstić information content (AvgIpc) is 2.90. The lowest BCUT2D eigenvalue weighted by Crippen LogP contribution is -2.03. The Morgan fingerprint density at radius 2 is 2.09 bits per heavy atom. The van der Waals surface area contributed by atoms with Crippen molar-refractivity contribution in [3.8, 4) is 0 Å². The molecule has 0 amide bonds. The first kappa shape index (κ1) is 15.3. The van der Waals surface area contributed by atoms with Crippen molar-refractivity contribution in [3.05, 3.63) is 47.4 Å². The molecular weight excluding hydrogens is 316 g/mol. The number of nitrogens with zero attached hydrogens (tertiary/aromatic N) is 2. The third-order valence-electron chi connectivity index (χ3n) is 3.23. The molecule has 0 aliphatic rings. The van der Waals surface area contributed by atoms with Crippen LogP contribution in [-0.4, -0.2) is 27.5 Å². The lowest BCUT2D eigenvalue weighted by atomic mass is 10.2. The van der Waals surface area contributed by atoms with Crippen molar-refractivity contribution in [2.24, 2.45) is 0 Å². The van der Waals surface area contributed by atoms with Crippen LogP contribution >= 0.6 is 11.6 Å². The summed E-state index contributed by atoms with van der Waals surface area (Å²) in [6, 6.07) is 11.6. The van der Waals surface area contributed by atoms with Crippen LogP contribution in [0.4, 0.5) is 11.5 Å². The van der Waals surface area contributed by atoms with Crippen LogP contribution in [0.15, 0.2) is 36.4 Å². The van der Waals surface area contributed by atoms with Crippen LogP contribution in [0.25, 0.3) is 11.0 Å². The molecule has 0 spiro atoms. The van der Waals surface area contributed by atoms with Gasteiger partial charge in [-0.1, -0.05) is 18.2 Å². The number of H-pyrrole nitrogens is 1. The van der Waals surface area contributed by atoms with E-state index in [4.69, 9.17) is 16.3 Å². The second-order valence-electron chi connectivity index (χ2n) is 4.98. The molecule has 0 unspecified atom stereocenters. The van der Waals surface area contributed by atoms with E-state index in [2.05, 4.69) is 20.3 Å². The first-order valence-corrected chi connectivity index (χ1v) is 7.50. The minimum absolute atomic E-state index is 0.157. The predicted molar refractivity (Wildman–Crippen MR) is 89.0 cm³/mol.